The Morgan fingerprint density at radius 1 is 0.556 bits per heavy atom. The third-order valence-corrected chi connectivity index (χ3v) is 5.38. The lowest BCUT2D eigenvalue weighted by molar-refractivity contribution is -0.884. The molecule has 0 aromatic carbocycles. The van der Waals surface area contributed by atoms with Gasteiger partial charge in [0.1, 0.15) is 0 Å². The minimum Gasteiger partial charge on any atom is -0.325 e. The fourth-order valence-electron chi connectivity index (χ4n) is 3.49. The van der Waals surface area contributed by atoms with Gasteiger partial charge in [-0.15, -0.1) is 0 Å². The zero-order chi connectivity index (χ0) is 20.1. The lowest BCUT2D eigenvalue weighted by Crippen LogP contribution is -2.40. The lowest BCUT2D eigenvalue weighted by Gasteiger charge is -2.28. The van der Waals surface area contributed by atoms with Crippen molar-refractivity contribution in [1.82, 2.24) is 0 Å². The van der Waals surface area contributed by atoms with Crippen LogP contribution in [0, 0.1) is 0 Å². The summed E-state index contributed by atoms with van der Waals surface area (Å²) in [6, 6.07) is 0. The van der Waals surface area contributed by atoms with E-state index < -0.39 is 0 Å². The van der Waals surface area contributed by atoms with Crippen LogP contribution < -0.4 is 0 Å². The van der Waals surface area contributed by atoms with Crippen LogP contribution in [0.15, 0.2) is 36.5 Å². The van der Waals surface area contributed by atoms with E-state index in [1.54, 1.807) is 0 Å². The molecule has 0 N–H and O–H groups in total. The molecule has 158 valence electrons. The van der Waals surface area contributed by atoms with Crippen molar-refractivity contribution in [2.24, 2.45) is 0 Å². The number of nitrogens with zero attached hydrogens (tertiary/aromatic N) is 1. The zero-order valence-corrected chi connectivity index (χ0v) is 19.2. The molecular formula is C26H50N+. The van der Waals surface area contributed by atoms with Gasteiger partial charge in [0.05, 0.1) is 27.2 Å². The molecule has 0 saturated carbocycles. The van der Waals surface area contributed by atoms with Gasteiger partial charge in [-0.05, 0) is 25.8 Å². The monoisotopic (exact) mass is 376 g/mol. The van der Waals surface area contributed by atoms with Crippen molar-refractivity contribution in [2.45, 2.75) is 104 Å². The Morgan fingerprint density at radius 2 is 1.00 bits per heavy atom. The van der Waals surface area contributed by atoms with Crippen LogP contribution in [-0.4, -0.2) is 31.7 Å². The Kier molecular flexibility index (Phi) is 19.3. The van der Waals surface area contributed by atoms with Crippen LogP contribution in [0.4, 0.5) is 0 Å². The number of unbranched alkanes of at least 4 members (excludes halogenated alkanes) is 13. The van der Waals surface area contributed by atoms with E-state index in [1.165, 1.54) is 96.4 Å². The summed E-state index contributed by atoms with van der Waals surface area (Å²) in [7, 11) is 4.70. The quantitative estimate of drug-likeness (QED) is 0.121. The number of rotatable bonds is 19. The van der Waals surface area contributed by atoms with Crippen molar-refractivity contribution >= 4 is 0 Å². The van der Waals surface area contributed by atoms with Crippen molar-refractivity contribution in [3.8, 4) is 0 Å². The maximum Gasteiger partial charge on any atom is 0.0972 e. The molecule has 0 aromatic rings. The van der Waals surface area contributed by atoms with E-state index in [1.807, 2.05) is 6.92 Å². The summed E-state index contributed by atoms with van der Waals surface area (Å²) in [5, 5.41) is 0. The SMILES string of the molecule is C/C=C/C=C/C=C/C[N+](C)(C)CCCCCCCCCCCCCCCC. The van der Waals surface area contributed by atoms with Crippen molar-refractivity contribution in [3.05, 3.63) is 36.5 Å². The van der Waals surface area contributed by atoms with Crippen LogP contribution in [-0.2, 0) is 0 Å². The summed E-state index contributed by atoms with van der Waals surface area (Å²) in [6.45, 7) is 6.76. The second-order valence-corrected chi connectivity index (χ2v) is 8.78. The average Bonchev–Trinajstić information content (AvgIpc) is 2.65. The first-order valence-electron chi connectivity index (χ1n) is 11.9. The third-order valence-electron chi connectivity index (χ3n) is 5.38. The van der Waals surface area contributed by atoms with Gasteiger partial charge in [0.15, 0.2) is 0 Å². The first-order valence-corrected chi connectivity index (χ1v) is 11.9. The molecule has 0 aliphatic carbocycles. The molecule has 0 rings (SSSR count). The Morgan fingerprint density at radius 3 is 1.48 bits per heavy atom. The Hall–Kier alpha value is -0.820. The highest BCUT2D eigenvalue weighted by atomic mass is 15.3. The highest BCUT2D eigenvalue weighted by Gasteiger charge is 2.11. The second-order valence-electron chi connectivity index (χ2n) is 8.78. The van der Waals surface area contributed by atoms with Gasteiger partial charge >= 0.3 is 0 Å². The molecule has 1 nitrogen and oxygen atoms in total. The van der Waals surface area contributed by atoms with E-state index in [-0.39, 0.29) is 0 Å². The molecule has 0 heterocycles. The topological polar surface area (TPSA) is 0 Å². The van der Waals surface area contributed by atoms with Crippen LogP contribution in [0.5, 0.6) is 0 Å². The zero-order valence-electron chi connectivity index (χ0n) is 19.2. The minimum absolute atomic E-state index is 1.10. The van der Waals surface area contributed by atoms with E-state index >= 15 is 0 Å². The molecule has 0 unspecified atom stereocenters. The molecule has 0 saturated heterocycles. The maximum absolute atomic E-state index is 2.35. The van der Waals surface area contributed by atoms with E-state index in [0.29, 0.717) is 0 Å². The van der Waals surface area contributed by atoms with Crippen LogP contribution in [0.1, 0.15) is 104 Å². The molecule has 0 aliphatic heterocycles. The van der Waals surface area contributed by atoms with Crippen molar-refractivity contribution in [3.63, 3.8) is 0 Å². The van der Waals surface area contributed by atoms with Gasteiger partial charge in [0, 0.05) is 0 Å². The van der Waals surface area contributed by atoms with Crippen molar-refractivity contribution < 1.29 is 4.48 Å². The third kappa shape index (κ3) is 21.3. The Balaban J connectivity index is 3.39. The predicted octanol–water partition coefficient (Wildman–Crippen LogP) is 8.23. The molecule has 0 bridgehead atoms. The molecule has 1 heteroatoms. The van der Waals surface area contributed by atoms with Gasteiger partial charge in [0.2, 0.25) is 0 Å². The molecule has 0 radical (unpaired) electrons. The minimum atomic E-state index is 1.10. The summed E-state index contributed by atoms with van der Waals surface area (Å²) in [4.78, 5) is 0. The molecule has 27 heavy (non-hydrogen) atoms. The number of hydrogen-bond acceptors (Lipinski definition) is 0. The summed E-state index contributed by atoms with van der Waals surface area (Å²) in [6.07, 6.45) is 32.9. The Bertz CT molecular complexity index is 376. The van der Waals surface area contributed by atoms with Crippen molar-refractivity contribution in [1.29, 1.82) is 0 Å². The van der Waals surface area contributed by atoms with Crippen molar-refractivity contribution in [2.75, 3.05) is 27.2 Å². The highest BCUT2D eigenvalue weighted by Crippen LogP contribution is 2.13. The number of allylic oxidation sites excluding steroid dienone is 5. The van der Waals surface area contributed by atoms with Gasteiger partial charge < -0.3 is 4.48 Å². The Labute approximate surface area is 172 Å². The lowest BCUT2D eigenvalue weighted by atomic mass is 10.0. The van der Waals surface area contributed by atoms with Gasteiger partial charge in [-0.3, -0.25) is 0 Å². The summed E-state index contributed by atoms with van der Waals surface area (Å²) in [5.74, 6) is 0. The summed E-state index contributed by atoms with van der Waals surface area (Å²) in [5.41, 5.74) is 0. The smallest absolute Gasteiger partial charge is 0.0972 e. The normalized spacial score (nSPS) is 12.9. The summed E-state index contributed by atoms with van der Waals surface area (Å²) >= 11 is 0. The molecule has 0 spiro atoms. The van der Waals surface area contributed by atoms with Gasteiger partial charge in [-0.2, -0.15) is 0 Å². The average molecular weight is 377 g/mol. The first kappa shape index (κ1) is 26.2. The van der Waals surface area contributed by atoms with E-state index in [9.17, 15) is 0 Å². The first-order chi connectivity index (χ1) is 13.1. The summed E-state index contributed by atoms with van der Waals surface area (Å²) < 4.78 is 1.10. The fraction of sp³-hybridized carbons (Fsp3) is 0.769. The highest BCUT2D eigenvalue weighted by molar-refractivity contribution is 5.10. The van der Waals surface area contributed by atoms with Gasteiger partial charge in [0.25, 0.3) is 0 Å². The maximum atomic E-state index is 2.35. The van der Waals surface area contributed by atoms with Crippen LogP contribution in [0.3, 0.4) is 0 Å². The van der Waals surface area contributed by atoms with Crippen LogP contribution in [0.25, 0.3) is 0 Å². The van der Waals surface area contributed by atoms with Gasteiger partial charge in [-0.1, -0.05) is 114 Å². The van der Waals surface area contributed by atoms with E-state index in [0.717, 1.165) is 11.0 Å². The standard InChI is InChI=1S/C26H50N/c1-5-7-9-11-13-14-15-16-17-18-19-20-22-24-26-27(3,4)25-23-21-12-10-8-6-2/h6,8,10,12,21,23H,5,7,9,11,13-20,22,24-26H2,1-4H3/q+1/b8-6+,12-10+,23-21+. The van der Waals surface area contributed by atoms with E-state index in [4.69, 9.17) is 0 Å². The van der Waals surface area contributed by atoms with E-state index in [2.05, 4.69) is 57.5 Å². The molecule has 0 amide bonds. The molecular weight excluding hydrogens is 326 g/mol. The fourth-order valence-corrected chi connectivity index (χ4v) is 3.49. The van der Waals surface area contributed by atoms with Crippen LogP contribution >= 0.6 is 0 Å². The van der Waals surface area contributed by atoms with Gasteiger partial charge in [-0.25, -0.2) is 0 Å². The number of quaternary nitrogens is 1. The molecule has 0 fully saturated rings. The number of hydrogen-bond donors (Lipinski definition) is 0. The predicted molar refractivity (Wildman–Crippen MR) is 125 cm³/mol. The second kappa shape index (κ2) is 19.9. The molecule has 0 aliphatic rings. The molecule has 0 aromatic heterocycles. The van der Waals surface area contributed by atoms with Crippen LogP contribution in [0.2, 0.25) is 0 Å². The number of likely N-dealkylation sites (N-methyl/N-ethyl adjacent to an activating group) is 1. The largest absolute Gasteiger partial charge is 0.325 e. The molecule has 0 atom stereocenters.